The van der Waals surface area contributed by atoms with Crippen molar-refractivity contribution in [1.29, 1.82) is 0 Å². The number of fused-ring (bicyclic) bond motifs is 1. The maximum atomic E-state index is 12.2. The average molecular weight is 520 g/mol. The van der Waals surface area contributed by atoms with Gasteiger partial charge in [0.05, 0.1) is 15.2 Å². The molecule has 0 saturated heterocycles. The van der Waals surface area contributed by atoms with Crippen molar-refractivity contribution in [3.63, 3.8) is 0 Å². The Bertz CT molecular complexity index is 1070. The Morgan fingerprint density at radius 2 is 1.96 bits per heavy atom. The van der Waals surface area contributed by atoms with Gasteiger partial charge in [-0.05, 0) is 58.3 Å². The fraction of sp³-hybridized carbons (Fsp3) is 0.188. The van der Waals surface area contributed by atoms with Crippen molar-refractivity contribution in [3.8, 4) is 11.5 Å². The van der Waals surface area contributed by atoms with Crippen LogP contribution in [0.25, 0.3) is 11.1 Å². The van der Waals surface area contributed by atoms with Crippen molar-refractivity contribution in [1.82, 2.24) is 4.98 Å². The van der Waals surface area contributed by atoms with E-state index in [-0.39, 0.29) is 26.7 Å². The fourth-order valence-corrected chi connectivity index (χ4v) is 3.50. The predicted molar refractivity (Wildman–Crippen MR) is 108 cm³/mol. The summed E-state index contributed by atoms with van der Waals surface area (Å²) in [5, 5.41) is 9.69. The maximum Gasteiger partial charge on any atom is 0.573 e. The van der Waals surface area contributed by atoms with Gasteiger partial charge in [0.1, 0.15) is 11.3 Å². The number of aromatic amines is 1. The van der Waals surface area contributed by atoms with E-state index in [1.54, 1.807) is 6.07 Å². The molecule has 1 heterocycles. The zero-order chi connectivity index (χ0) is 21.2. The van der Waals surface area contributed by atoms with E-state index >= 15 is 0 Å². The van der Waals surface area contributed by atoms with Crippen LogP contribution >= 0.6 is 51.3 Å². The van der Waals surface area contributed by atoms with Crippen molar-refractivity contribution in [2.75, 3.05) is 5.73 Å². The van der Waals surface area contributed by atoms with Crippen LogP contribution in [0.2, 0.25) is 10.0 Å². The summed E-state index contributed by atoms with van der Waals surface area (Å²) in [5.41, 5.74) is 6.65. The number of alkyl halides is 3. The Hall–Kier alpha value is -1.62. The quantitative estimate of drug-likeness (QED) is 0.193. The lowest BCUT2D eigenvalue weighted by Crippen LogP contribution is -2.17. The summed E-state index contributed by atoms with van der Waals surface area (Å²) in [7, 11) is 0. The van der Waals surface area contributed by atoms with Gasteiger partial charge in [-0.3, -0.25) is 0 Å². The third kappa shape index (κ3) is 5.47. The van der Waals surface area contributed by atoms with Gasteiger partial charge < -0.3 is 25.0 Å². The summed E-state index contributed by atoms with van der Waals surface area (Å²) in [6.45, 7) is 1.94. The zero-order valence-electron chi connectivity index (χ0n) is 14.0. The summed E-state index contributed by atoms with van der Waals surface area (Å²) in [4.78, 5) is 2.37. The van der Waals surface area contributed by atoms with E-state index in [4.69, 9.17) is 45.6 Å². The molecular weight excluding hydrogens is 508 g/mol. The summed E-state index contributed by atoms with van der Waals surface area (Å²) in [6.07, 6.45) is -4.12. The highest BCUT2D eigenvalue weighted by molar-refractivity contribution is 9.10. The lowest BCUT2D eigenvalue weighted by molar-refractivity contribution is -0.274. The van der Waals surface area contributed by atoms with Crippen LogP contribution in [-0.2, 0) is 6.42 Å². The van der Waals surface area contributed by atoms with Gasteiger partial charge in [0.15, 0.2) is 11.3 Å². The maximum absolute atomic E-state index is 12.2. The molecule has 0 aliphatic heterocycles. The number of phenolic OH excluding ortho intramolecular Hbond substituents is 1. The number of oxazole rings is 1. The highest BCUT2D eigenvalue weighted by Crippen LogP contribution is 2.40. The van der Waals surface area contributed by atoms with E-state index in [1.807, 2.05) is 6.92 Å². The van der Waals surface area contributed by atoms with Crippen molar-refractivity contribution >= 4 is 68.1 Å². The van der Waals surface area contributed by atoms with Gasteiger partial charge in [-0.1, -0.05) is 30.1 Å². The lowest BCUT2D eigenvalue weighted by atomic mass is 10.1. The van der Waals surface area contributed by atoms with Gasteiger partial charge in [-0.15, -0.1) is 13.2 Å². The van der Waals surface area contributed by atoms with Crippen LogP contribution in [0.1, 0.15) is 12.5 Å². The van der Waals surface area contributed by atoms with E-state index in [0.717, 1.165) is 12.0 Å². The summed E-state index contributed by atoms with van der Waals surface area (Å²) in [5.74, 6) is -0.422. The molecular formula is C16H12BrCl2F3N2O3S. The molecule has 0 aliphatic rings. The molecule has 5 nitrogen and oxygen atoms in total. The molecule has 0 spiro atoms. The first-order valence-electron chi connectivity index (χ1n) is 7.46. The average Bonchev–Trinajstić information content (AvgIpc) is 2.97. The summed E-state index contributed by atoms with van der Waals surface area (Å²) < 4.78 is 45.8. The molecule has 0 atom stereocenters. The van der Waals surface area contributed by atoms with Gasteiger partial charge in [0, 0.05) is 5.02 Å². The SMILES string of the molecule is CCc1cc(Cl)cc(N)c1O.FC(F)(F)Oc1c(Cl)cc(Br)c2oc(=S)[nH]c12. The largest absolute Gasteiger partial charge is 0.573 e. The number of aryl methyl sites for hydroxylation is 1. The van der Waals surface area contributed by atoms with Gasteiger partial charge in [0.2, 0.25) is 0 Å². The molecule has 0 fully saturated rings. The van der Waals surface area contributed by atoms with Crippen molar-refractivity contribution in [2.24, 2.45) is 0 Å². The number of rotatable bonds is 2. The third-order valence-electron chi connectivity index (χ3n) is 3.35. The molecule has 0 bridgehead atoms. The number of benzene rings is 2. The molecule has 28 heavy (non-hydrogen) atoms. The highest BCUT2D eigenvalue weighted by atomic mass is 79.9. The van der Waals surface area contributed by atoms with Crippen molar-refractivity contribution in [3.05, 3.63) is 43.1 Å². The number of nitrogens with two attached hydrogens (primary N) is 1. The molecule has 2 aromatic carbocycles. The zero-order valence-corrected chi connectivity index (χ0v) is 17.9. The molecule has 3 rings (SSSR count). The molecule has 0 radical (unpaired) electrons. The van der Waals surface area contributed by atoms with Crippen LogP contribution in [0.5, 0.6) is 11.5 Å². The molecule has 0 unspecified atom stereocenters. The first-order valence-corrected chi connectivity index (χ1v) is 9.42. The number of phenols is 1. The molecule has 0 aliphatic carbocycles. The molecule has 0 saturated carbocycles. The van der Waals surface area contributed by atoms with Crippen LogP contribution in [0.3, 0.4) is 0 Å². The van der Waals surface area contributed by atoms with E-state index < -0.39 is 12.1 Å². The van der Waals surface area contributed by atoms with E-state index in [1.165, 1.54) is 12.1 Å². The van der Waals surface area contributed by atoms with Crippen LogP contribution in [0, 0.1) is 4.84 Å². The number of nitrogens with one attached hydrogen (secondary N) is 1. The number of ether oxygens (including phenoxy) is 1. The van der Waals surface area contributed by atoms with Crippen molar-refractivity contribution in [2.45, 2.75) is 19.7 Å². The number of aromatic nitrogens is 1. The number of nitrogen functional groups attached to an aromatic ring is 1. The Balaban J connectivity index is 0.000000221. The number of hydrogen-bond donors (Lipinski definition) is 3. The van der Waals surface area contributed by atoms with Crippen LogP contribution in [0.4, 0.5) is 18.9 Å². The number of H-pyrrole nitrogens is 1. The van der Waals surface area contributed by atoms with Gasteiger partial charge in [0.25, 0.3) is 4.84 Å². The minimum absolute atomic E-state index is 0.0494. The monoisotopic (exact) mass is 518 g/mol. The Morgan fingerprint density at radius 3 is 2.54 bits per heavy atom. The van der Waals surface area contributed by atoms with Crippen LogP contribution in [0.15, 0.2) is 27.1 Å². The first-order chi connectivity index (χ1) is 12.9. The Labute approximate surface area is 180 Å². The van der Waals surface area contributed by atoms with E-state index in [0.29, 0.717) is 15.2 Å². The first kappa shape index (κ1) is 22.7. The number of aromatic hydroxyl groups is 1. The highest BCUT2D eigenvalue weighted by Gasteiger charge is 2.34. The topological polar surface area (TPSA) is 84.4 Å². The fourth-order valence-electron chi connectivity index (χ4n) is 2.18. The Kier molecular flexibility index (Phi) is 7.13. The van der Waals surface area contributed by atoms with Gasteiger partial charge in [-0.2, -0.15) is 0 Å². The molecule has 152 valence electrons. The second kappa shape index (κ2) is 8.81. The smallest absolute Gasteiger partial charge is 0.506 e. The standard InChI is InChI=1S/C8H2BrClF3NO2S.C8H10ClNO/c9-2-1-3(10)6(16-8(11,12)13)4-5(2)15-7(17)14-4;1-2-5-3-6(9)4-7(10)8(5)11/h1H,(H,14,17);3-4,11H,2,10H2,1H3. The molecule has 0 amide bonds. The molecule has 4 N–H and O–H groups in total. The van der Waals surface area contributed by atoms with Crippen LogP contribution < -0.4 is 10.5 Å². The predicted octanol–water partition coefficient (Wildman–Crippen LogP) is 7.00. The van der Waals surface area contributed by atoms with Gasteiger partial charge >= 0.3 is 6.36 Å². The summed E-state index contributed by atoms with van der Waals surface area (Å²) >= 11 is 19.2. The molecule has 3 aromatic rings. The van der Waals surface area contributed by atoms with Crippen LogP contribution in [-0.4, -0.2) is 16.5 Å². The molecule has 1 aromatic heterocycles. The second-order valence-electron chi connectivity index (χ2n) is 5.29. The van der Waals surface area contributed by atoms with E-state index in [9.17, 15) is 18.3 Å². The molecule has 12 heteroatoms. The van der Waals surface area contributed by atoms with E-state index in [2.05, 4.69) is 25.7 Å². The third-order valence-corrected chi connectivity index (χ3v) is 4.62. The minimum Gasteiger partial charge on any atom is -0.506 e. The van der Waals surface area contributed by atoms with Gasteiger partial charge in [-0.25, -0.2) is 0 Å². The second-order valence-corrected chi connectivity index (χ2v) is 7.36. The minimum atomic E-state index is -4.85. The Morgan fingerprint density at radius 1 is 1.32 bits per heavy atom. The number of hydrogen-bond acceptors (Lipinski definition) is 5. The number of halogens is 6. The number of anilines is 1. The lowest BCUT2D eigenvalue weighted by Gasteiger charge is -2.11. The van der Waals surface area contributed by atoms with Crippen molar-refractivity contribution < 1.29 is 27.4 Å². The summed E-state index contributed by atoms with van der Waals surface area (Å²) in [6, 6.07) is 4.49. The normalized spacial score (nSPS) is 11.2.